The van der Waals surface area contributed by atoms with Gasteiger partial charge in [0, 0.05) is 39.9 Å². The van der Waals surface area contributed by atoms with Gasteiger partial charge in [0.25, 0.3) is 5.91 Å². The van der Waals surface area contributed by atoms with Gasteiger partial charge >= 0.3 is 6.03 Å². The van der Waals surface area contributed by atoms with E-state index in [0.717, 1.165) is 11.3 Å². The first kappa shape index (κ1) is 20.7. The quantitative estimate of drug-likeness (QED) is 0.536. The largest absolute Gasteiger partial charge is 0.396 e. The first-order chi connectivity index (χ1) is 14.6. The number of nitrogens with zero attached hydrogens (tertiary/aromatic N) is 5. The van der Waals surface area contributed by atoms with E-state index >= 15 is 0 Å². The van der Waals surface area contributed by atoms with Crippen LogP contribution in [0.1, 0.15) is 18.4 Å². The van der Waals surface area contributed by atoms with Crippen LogP contribution in [0.4, 0.5) is 4.79 Å². The van der Waals surface area contributed by atoms with E-state index < -0.39 is 12.2 Å². The number of nitrogens with one attached hydrogen (secondary N) is 1. The number of benzene rings is 1. The molecule has 2 fully saturated rings. The molecule has 10 nitrogen and oxygen atoms in total. The van der Waals surface area contributed by atoms with Gasteiger partial charge in [0.1, 0.15) is 12.2 Å². The van der Waals surface area contributed by atoms with Crippen molar-refractivity contribution in [3.63, 3.8) is 0 Å². The summed E-state index contributed by atoms with van der Waals surface area (Å²) in [6.07, 6.45) is 0.0651. The van der Waals surface area contributed by atoms with Crippen LogP contribution in [0.15, 0.2) is 35.4 Å². The lowest BCUT2D eigenvalue weighted by Crippen LogP contribution is -2.66. The van der Waals surface area contributed by atoms with E-state index in [4.69, 9.17) is 10.2 Å². The molecule has 3 atom stereocenters. The van der Waals surface area contributed by atoms with Crippen molar-refractivity contribution in [2.45, 2.75) is 31.3 Å². The Hall–Kier alpha value is -2.53. The van der Waals surface area contributed by atoms with E-state index in [1.54, 1.807) is 11.9 Å². The molecule has 0 bridgehead atoms. The van der Waals surface area contributed by atoms with Crippen LogP contribution >= 0.6 is 0 Å². The van der Waals surface area contributed by atoms with Crippen LogP contribution in [0.3, 0.4) is 0 Å². The molecule has 30 heavy (non-hydrogen) atoms. The highest BCUT2D eigenvalue weighted by Crippen LogP contribution is 2.31. The lowest BCUT2D eigenvalue weighted by atomic mass is 10.1. The van der Waals surface area contributed by atoms with Gasteiger partial charge < -0.3 is 15.1 Å². The summed E-state index contributed by atoms with van der Waals surface area (Å²) in [4.78, 5) is 30.9. The van der Waals surface area contributed by atoms with Crippen LogP contribution < -0.4 is 5.32 Å². The minimum atomic E-state index is -0.553. The fourth-order valence-corrected chi connectivity index (χ4v) is 4.31. The Morgan fingerprint density at radius 1 is 1.10 bits per heavy atom. The summed E-state index contributed by atoms with van der Waals surface area (Å²) >= 11 is 0. The van der Waals surface area contributed by atoms with Crippen LogP contribution in [0.25, 0.3) is 0 Å². The standard InChI is InChI=1S/C20H28N6O4/c1-23-17-16(18(29)24(20(23)30)9-5-11-27)25-13-15(14-7-3-2-4-8-14)22-26(10-6-12-28)19(25)21-17/h2-4,7-8,16-17,19,21,27-28H,5-6,9-13H2,1H3. The SMILES string of the molecule is CN1C(=O)N(CCCO)C(=O)C2C1NC1N(CCCO)N=C(c3ccccc3)CN21. The minimum absolute atomic E-state index is 0.0402. The summed E-state index contributed by atoms with van der Waals surface area (Å²) in [6, 6.07) is 8.88. The number of hydrogen-bond acceptors (Lipinski definition) is 8. The molecule has 2 saturated heterocycles. The van der Waals surface area contributed by atoms with Gasteiger partial charge in [-0.3, -0.25) is 20.0 Å². The van der Waals surface area contributed by atoms with E-state index in [-0.39, 0.29) is 38.0 Å². The predicted molar refractivity (Wildman–Crippen MR) is 109 cm³/mol. The number of aliphatic hydroxyl groups excluding tert-OH is 2. The number of amides is 3. The second-order valence-corrected chi connectivity index (χ2v) is 7.72. The van der Waals surface area contributed by atoms with Crippen molar-refractivity contribution < 1.29 is 19.8 Å². The third kappa shape index (κ3) is 3.56. The second kappa shape index (κ2) is 8.68. The highest BCUT2D eigenvalue weighted by molar-refractivity contribution is 6.04. The molecule has 0 aliphatic carbocycles. The van der Waals surface area contributed by atoms with E-state index in [1.165, 1.54) is 4.90 Å². The molecule has 10 heteroatoms. The average Bonchev–Trinajstić information content (AvgIpc) is 3.16. The molecule has 3 heterocycles. The summed E-state index contributed by atoms with van der Waals surface area (Å²) in [5.74, 6) is -0.261. The number of urea groups is 1. The lowest BCUT2D eigenvalue weighted by Gasteiger charge is -2.42. The number of hydrazone groups is 1. The fourth-order valence-electron chi connectivity index (χ4n) is 4.31. The minimum Gasteiger partial charge on any atom is -0.396 e. The van der Waals surface area contributed by atoms with Crippen molar-refractivity contribution >= 4 is 17.6 Å². The van der Waals surface area contributed by atoms with E-state index in [9.17, 15) is 14.7 Å². The molecule has 0 radical (unpaired) electrons. The van der Waals surface area contributed by atoms with E-state index in [1.807, 2.05) is 40.2 Å². The highest BCUT2D eigenvalue weighted by atomic mass is 16.3. The van der Waals surface area contributed by atoms with Gasteiger partial charge in [-0.05, 0) is 18.4 Å². The topological polar surface area (TPSA) is 112 Å². The maximum absolute atomic E-state index is 13.3. The third-order valence-electron chi connectivity index (χ3n) is 5.82. The Balaban J connectivity index is 1.66. The van der Waals surface area contributed by atoms with Gasteiger partial charge in [0.05, 0.1) is 5.71 Å². The maximum atomic E-state index is 13.3. The van der Waals surface area contributed by atoms with Gasteiger partial charge in [-0.25, -0.2) is 9.69 Å². The van der Waals surface area contributed by atoms with Crippen molar-refractivity contribution in [1.29, 1.82) is 0 Å². The smallest absolute Gasteiger partial charge is 0.327 e. The molecule has 3 N–H and O–H groups in total. The van der Waals surface area contributed by atoms with Crippen LogP contribution in [-0.4, -0.2) is 106 Å². The normalized spacial score (nSPS) is 26.7. The summed E-state index contributed by atoms with van der Waals surface area (Å²) in [6.45, 7) is 1.12. The van der Waals surface area contributed by atoms with Gasteiger partial charge in [0.15, 0.2) is 6.29 Å². The summed E-state index contributed by atoms with van der Waals surface area (Å²) in [5.41, 5.74) is 1.81. The van der Waals surface area contributed by atoms with Gasteiger partial charge in [-0.15, -0.1) is 0 Å². The first-order valence-electron chi connectivity index (χ1n) is 10.3. The third-order valence-corrected chi connectivity index (χ3v) is 5.82. The molecule has 162 valence electrons. The molecule has 0 aromatic heterocycles. The molecule has 4 rings (SSSR count). The number of rotatable bonds is 7. The lowest BCUT2D eigenvalue weighted by molar-refractivity contribution is -0.139. The Morgan fingerprint density at radius 2 is 1.80 bits per heavy atom. The summed E-state index contributed by atoms with van der Waals surface area (Å²) < 4.78 is 0. The number of aliphatic hydroxyl groups is 2. The van der Waals surface area contributed by atoms with Crippen molar-refractivity contribution in [2.24, 2.45) is 5.10 Å². The van der Waals surface area contributed by atoms with Crippen LogP contribution in [-0.2, 0) is 4.79 Å². The monoisotopic (exact) mass is 416 g/mol. The zero-order chi connectivity index (χ0) is 21.3. The van der Waals surface area contributed by atoms with Gasteiger partial charge in [0.2, 0.25) is 0 Å². The van der Waals surface area contributed by atoms with Crippen molar-refractivity contribution in [1.82, 2.24) is 25.0 Å². The molecular weight excluding hydrogens is 388 g/mol. The Labute approximate surface area is 175 Å². The number of carbonyl (C=O) groups excluding carboxylic acids is 2. The molecule has 3 aliphatic heterocycles. The molecule has 0 spiro atoms. The molecule has 0 saturated carbocycles. The molecule has 1 aromatic carbocycles. The number of fused-ring (bicyclic) bond motifs is 3. The zero-order valence-electron chi connectivity index (χ0n) is 17.0. The number of likely N-dealkylation sites (N-methyl/N-ethyl adjacent to an activating group) is 1. The molecular formula is C20H28N6O4. The highest BCUT2D eigenvalue weighted by Gasteiger charge is 2.56. The van der Waals surface area contributed by atoms with Crippen LogP contribution in [0, 0.1) is 0 Å². The number of hydrogen-bond donors (Lipinski definition) is 3. The summed E-state index contributed by atoms with van der Waals surface area (Å²) in [7, 11) is 1.68. The van der Waals surface area contributed by atoms with Crippen molar-refractivity contribution in [3.8, 4) is 0 Å². The predicted octanol–water partition coefficient (Wildman–Crippen LogP) is -0.751. The fraction of sp³-hybridized carbons (Fsp3) is 0.550. The van der Waals surface area contributed by atoms with Crippen molar-refractivity contribution in [3.05, 3.63) is 35.9 Å². The molecule has 3 unspecified atom stereocenters. The summed E-state index contributed by atoms with van der Waals surface area (Å²) in [5, 5.41) is 28.5. The number of carbonyl (C=O) groups is 2. The second-order valence-electron chi connectivity index (χ2n) is 7.72. The van der Waals surface area contributed by atoms with Gasteiger partial charge in [-0.1, -0.05) is 30.3 Å². The Bertz CT molecular complexity index is 819. The first-order valence-corrected chi connectivity index (χ1v) is 10.3. The number of imide groups is 1. The average molecular weight is 416 g/mol. The van der Waals surface area contributed by atoms with E-state index in [2.05, 4.69) is 5.32 Å². The van der Waals surface area contributed by atoms with Gasteiger partial charge in [-0.2, -0.15) is 5.10 Å². The molecule has 3 aliphatic rings. The van der Waals surface area contributed by atoms with E-state index in [0.29, 0.717) is 25.9 Å². The van der Waals surface area contributed by atoms with Crippen molar-refractivity contribution in [2.75, 3.05) is 39.9 Å². The molecule has 1 aromatic rings. The maximum Gasteiger partial charge on any atom is 0.327 e. The van der Waals surface area contributed by atoms with Crippen LogP contribution in [0.5, 0.6) is 0 Å². The molecule has 3 amide bonds. The zero-order valence-corrected chi connectivity index (χ0v) is 17.0. The Morgan fingerprint density at radius 3 is 2.50 bits per heavy atom. The Kier molecular flexibility index (Phi) is 6.00. The van der Waals surface area contributed by atoms with Crippen LogP contribution in [0.2, 0.25) is 0 Å².